The molecule has 2 rings (SSSR count). The number of cyclic esters (lactones) is 2. The largest absolute Gasteiger partial charge is 0.386 e. The fourth-order valence-electron chi connectivity index (χ4n) is 2.03. The van der Waals surface area contributed by atoms with Crippen molar-refractivity contribution in [3.8, 4) is 0 Å². The van der Waals surface area contributed by atoms with E-state index >= 15 is 0 Å². The first-order chi connectivity index (χ1) is 7.63. The summed E-state index contributed by atoms with van der Waals surface area (Å²) >= 11 is 1.95. The van der Waals surface area contributed by atoms with Crippen LogP contribution in [0.2, 0.25) is 0 Å². The molecule has 1 heterocycles. The number of ether oxygens (including phenoxy) is 1. The molecule has 0 spiro atoms. The standard InChI is InChI=1S/C10H10INO4/c11-4-7(13)12-6-3-1-2-5-8(6)10(15)16-9(5)14/h6H,1-4H2,(H,12,13). The third-order valence-corrected chi connectivity index (χ3v) is 3.39. The summed E-state index contributed by atoms with van der Waals surface area (Å²) in [6, 6.07) is -0.357. The van der Waals surface area contributed by atoms with Crippen LogP contribution in [-0.4, -0.2) is 28.3 Å². The highest BCUT2D eigenvalue weighted by atomic mass is 127. The molecule has 0 aromatic carbocycles. The van der Waals surface area contributed by atoms with Crippen LogP contribution in [0.5, 0.6) is 0 Å². The second-order valence-corrected chi connectivity index (χ2v) is 4.48. The van der Waals surface area contributed by atoms with Crippen molar-refractivity contribution in [3.63, 3.8) is 0 Å². The quantitative estimate of drug-likeness (QED) is 0.345. The van der Waals surface area contributed by atoms with Gasteiger partial charge in [-0.15, -0.1) is 0 Å². The van der Waals surface area contributed by atoms with Gasteiger partial charge in [0.1, 0.15) is 0 Å². The number of carbonyl (C=O) groups is 3. The van der Waals surface area contributed by atoms with E-state index in [1.807, 2.05) is 22.6 Å². The van der Waals surface area contributed by atoms with Gasteiger partial charge in [-0.3, -0.25) is 4.79 Å². The SMILES string of the molecule is O=C(CI)NC1CCCC2=C1C(=O)OC2=O. The lowest BCUT2D eigenvalue weighted by Crippen LogP contribution is -2.40. The fraction of sp³-hybridized carbons (Fsp3) is 0.500. The number of alkyl halides is 1. The minimum absolute atomic E-state index is 0.133. The van der Waals surface area contributed by atoms with Gasteiger partial charge in [0.05, 0.1) is 21.6 Å². The summed E-state index contributed by atoms with van der Waals surface area (Å²) in [5, 5.41) is 2.73. The lowest BCUT2D eigenvalue weighted by atomic mass is 9.89. The van der Waals surface area contributed by atoms with Crippen molar-refractivity contribution in [3.05, 3.63) is 11.1 Å². The maximum Gasteiger partial charge on any atom is 0.344 e. The van der Waals surface area contributed by atoms with Crippen molar-refractivity contribution in [2.45, 2.75) is 25.3 Å². The number of halogens is 1. The number of rotatable bonds is 2. The summed E-state index contributed by atoms with van der Waals surface area (Å²) in [5.74, 6) is -1.28. The van der Waals surface area contributed by atoms with E-state index in [0.717, 1.165) is 6.42 Å². The highest BCUT2D eigenvalue weighted by Crippen LogP contribution is 2.31. The first kappa shape index (κ1) is 11.6. The van der Waals surface area contributed by atoms with Gasteiger partial charge in [-0.25, -0.2) is 9.59 Å². The number of nitrogens with one attached hydrogen (secondary N) is 1. The maximum atomic E-state index is 11.4. The molecule has 0 saturated carbocycles. The van der Waals surface area contributed by atoms with Gasteiger partial charge in [-0.1, -0.05) is 22.6 Å². The zero-order valence-corrected chi connectivity index (χ0v) is 10.6. The number of esters is 2. The van der Waals surface area contributed by atoms with Crippen molar-refractivity contribution in [1.82, 2.24) is 5.32 Å². The summed E-state index contributed by atoms with van der Waals surface area (Å²) in [4.78, 5) is 34.0. The third-order valence-electron chi connectivity index (χ3n) is 2.70. The van der Waals surface area contributed by atoms with E-state index in [1.54, 1.807) is 0 Å². The van der Waals surface area contributed by atoms with Gasteiger partial charge in [0, 0.05) is 0 Å². The Morgan fingerprint density at radius 2 is 2.19 bits per heavy atom. The van der Waals surface area contributed by atoms with Gasteiger partial charge in [-0.2, -0.15) is 0 Å². The van der Waals surface area contributed by atoms with Crippen molar-refractivity contribution >= 4 is 40.4 Å². The molecule has 1 N–H and O–H groups in total. The Morgan fingerprint density at radius 3 is 2.88 bits per heavy atom. The predicted molar refractivity (Wildman–Crippen MR) is 62.8 cm³/mol. The van der Waals surface area contributed by atoms with E-state index in [2.05, 4.69) is 10.1 Å². The van der Waals surface area contributed by atoms with Gasteiger partial charge in [0.2, 0.25) is 5.91 Å². The van der Waals surface area contributed by atoms with E-state index in [0.29, 0.717) is 28.4 Å². The Kier molecular flexibility index (Phi) is 3.27. The first-order valence-corrected chi connectivity index (χ1v) is 6.51. The van der Waals surface area contributed by atoms with Crippen LogP contribution in [0.15, 0.2) is 11.1 Å². The van der Waals surface area contributed by atoms with Crippen molar-refractivity contribution in [1.29, 1.82) is 0 Å². The van der Waals surface area contributed by atoms with Gasteiger partial charge in [-0.05, 0) is 19.3 Å². The monoisotopic (exact) mass is 335 g/mol. The van der Waals surface area contributed by atoms with Crippen molar-refractivity contribution in [2.24, 2.45) is 0 Å². The Bertz CT molecular complexity index is 402. The average molecular weight is 335 g/mol. The second-order valence-electron chi connectivity index (χ2n) is 3.72. The lowest BCUT2D eigenvalue weighted by molar-refractivity contribution is -0.151. The number of hydrogen-bond acceptors (Lipinski definition) is 4. The molecule has 0 aromatic rings. The molecule has 5 nitrogen and oxygen atoms in total. The molecular formula is C10H10INO4. The summed E-state index contributed by atoms with van der Waals surface area (Å²) in [6.45, 7) is 0. The summed E-state index contributed by atoms with van der Waals surface area (Å²) in [5.41, 5.74) is 0.796. The molecule has 1 unspecified atom stereocenters. The summed E-state index contributed by atoms with van der Waals surface area (Å²) < 4.78 is 4.88. The topological polar surface area (TPSA) is 72.5 Å². The van der Waals surface area contributed by atoms with E-state index in [1.165, 1.54) is 0 Å². The van der Waals surface area contributed by atoms with E-state index in [-0.39, 0.29) is 11.9 Å². The smallest absolute Gasteiger partial charge is 0.344 e. The van der Waals surface area contributed by atoms with Crippen LogP contribution in [0.25, 0.3) is 0 Å². The number of amides is 1. The van der Waals surface area contributed by atoms with Crippen LogP contribution in [0.3, 0.4) is 0 Å². The van der Waals surface area contributed by atoms with Crippen LogP contribution >= 0.6 is 22.6 Å². The third kappa shape index (κ3) is 1.98. The highest BCUT2D eigenvalue weighted by molar-refractivity contribution is 14.1. The molecule has 2 aliphatic rings. The molecule has 0 bridgehead atoms. The van der Waals surface area contributed by atoms with Gasteiger partial charge >= 0.3 is 11.9 Å². The molecule has 1 aliphatic heterocycles. The molecule has 0 radical (unpaired) electrons. The molecule has 1 aliphatic carbocycles. The predicted octanol–water partition coefficient (Wildman–Crippen LogP) is 0.470. The van der Waals surface area contributed by atoms with E-state index in [9.17, 15) is 14.4 Å². The fourth-order valence-corrected chi connectivity index (χ4v) is 2.25. The zero-order valence-electron chi connectivity index (χ0n) is 8.42. The molecule has 1 atom stereocenters. The molecule has 86 valence electrons. The minimum Gasteiger partial charge on any atom is -0.386 e. The molecule has 0 aromatic heterocycles. The van der Waals surface area contributed by atoms with Crippen LogP contribution in [0.4, 0.5) is 0 Å². The summed E-state index contributed by atoms with van der Waals surface area (Å²) in [7, 11) is 0. The van der Waals surface area contributed by atoms with Crippen LogP contribution < -0.4 is 5.32 Å². The Morgan fingerprint density at radius 1 is 1.44 bits per heavy atom. The minimum atomic E-state index is -0.599. The van der Waals surface area contributed by atoms with Gasteiger partial charge < -0.3 is 10.1 Å². The van der Waals surface area contributed by atoms with Gasteiger partial charge in [0.15, 0.2) is 0 Å². The Balaban J connectivity index is 2.24. The van der Waals surface area contributed by atoms with Gasteiger partial charge in [0.25, 0.3) is 0 Å². The normalized spacial score (nSPS) is 24.2. The van der Waals surface area contributed by atoms with Crippen molar-refractivity contribution in [2.75, 3.05) is 4.43 Å². The maximum absolute atomic E-state index is 11.4. The van der Waals surface area contributed by atoms with E-state index < -0.39 is 11.9 Å². The molecule has 0 fully saturated rings. The van der Waals surface area contributed by atoms with E-state index in [4.69, 9.17) is 0 Å². The number of hydrogen-bond donors (Lipinski definition) is 1. The molecule has 1 amide bonds. The van der Waals surface area contributed by atoms with Crippen LogP contribution in [0, 0.1) is 0 Å². The average Bonchev–Trinajstić information content (AvgIpc) is 2.56. The number of carbonyl (C=O) groups excluding carboxylic acids is 3. The van der Waals surface area contributed by atoms with Crippen molar-refractivity contribution < 1.29 is 19.1 Å². The summed E-state index contributed by atoms with van der Waals surface area (Å²) in [6.07, 6.45) is 2.04. The lowest BCUT2D eigenvalue weighted by Gasteiger charge is -2.22. The first-order valence-electron chi connectivity index (χ1n) is 4.98. The molecule has 0 saturated heterocycles. The van der Waals surface area contributed by atoms with Crippen LogP contribution in [-0.2, 0) is 19.1 Å². The Labute approximate surface area is 106 Å². The zero-order chi connectivity index (χ0) is 11.7. The second kappa shape index (κ2) is 4.52. The highest BCUT2D eigenvalue weighted by Gasteiger charge is 2.39. The Hall–Kier alpha value is -0.920. The molecule has 16 heavy (non-hydrogen) atoms. The molecule has 6 heteroatoms. The van der Waals surface area contributed by atoms with Crippen LogP contribution in [0.1, 0.15) is 19.3 Å². The molecular weight excluding hydrogens is 325 g/mol.